The molecule has 0 bridgehead atoms. The molecule has 2 aromatic carbocycles. The summed E-state index contributed by atoms with van der Waals surface area (Å²) in [7, 11) is 1.27. The van der Waals surface area contributed by atoms with Gasteiger partial charge in [-0.2, -0.15) is 4.39 Å². The molecule has 0 unspecified atom stereocenters. The highest BCUT2D eigenvalue weighted by Crippen LogP contribution is 2.32. The third kappa shape index (κ3) is 5.44. The summed E-state index contributed by atoms with van der Waals surface area (Å²) >= 11 is 0. The predicted octanol–water partition coefficient (Wildman–Crippen LogP) is 3.13. The third-order valence-electron chi connectivity index (χ3n) is 8.24. The number of benzene rings is 2. The molecule has 0 aliphatic carbocycles. The Morgan fingerprint density at radius 3 is 2.52 bits per heavy atom. The summed E-state index contributed by atoms with van der Waals surface area (Å²) in [6, 6.07) is 7.73. The third-order valence-corrected chi connectivity index (χ3v) is 8.24. The number of carbonyl (C=O) groups is 2. The zero-order valence-corrected chi connectivity index (χ0v) is 24.6. The Kier molecular flexibility index (Phi) is 7.68. The van der Waals surface area contributed by atoms with Crippen LogP contribution in [0.2, 0.25) is 0 Å². The van der Waals surface area contributed by atoms with Gasteiger partial charge in [-0.05, 0) is 49.7 Å². The highest BCUT2D eigenvalue weighted by atomic mass is 19.2. The van der Waals surface area contributed by atoms with Crippen LogP contribution in [-0.2, 0) is 4.79 Å². The second-order valence-electron chi connectivity index (χ2n) is 11.5. The lowest BCUT2D eigenvalue weighted by atomic mass is 10.0. The number of carbonyl (C=O) groups excluding carboxylic acids is 2. The van der Waals surface area contributed by atoms with E-state index in [-0.39, 0.29) is 23.1 Å². The predicted molar refractivity (Wildman–Crippen MR) is 159 cm³/mol. The SMILES string of the molecule is COc1ccc(-c2cnc3c(Nc4ccc(C(=O)N5CCN(C(=O)[C@@H]6C[C@@](C)(O)CN6)CC5)c(C)c4)nccn23)c(F)c1F. The van der Waals surface area contributed by atoms with Gasteiger partial charge < -0.3 is 30.3 Å². The molecular weight excluding hydrogens is 572 g/mol. The largest absolute Gasteiger partial charge is 0.494 e. The first-order valence-corrected chi connectivity index (χ1v) is 14.3. The van der Waals surface area contributed by atoms with E-state index in [2.05, 4.69) is 20.6 Å². The Balaban J connectivity index is 1.14. The molecule has 0 radical (unpaired) electrons. The number of nitrogens with zero attached hydrogens (tertiary/aromatic N) is 5. The number of hydrogen-bond acceptors (Lipinski definition) is 8. The molecule has 13 heteroatoms. The average Bonchev–Trinajstić information content (AvgIpc) is 3.61. The van der Waals surface area contributed by atoms with E-state index >= 15 is 0 Å². The van der Waals surface area contributed by atoms with E-state index in [1.54, 1.807) is 39.5 Å². The summed E-state index contributed by atoms with van der Waals surface area (Å²) in [5.41, 5.74) is 1.85. The number of fused-ring (bicyclic) bond motifs is 1. The number of ether oxygens (including phenoxy) is 1. The van der Waals surface area contributed by atoms with Crippen molar-refractivity contribution in [2.45, 2.75) is 31.9 Å². The maximum atomic E-state index is 14.8. The van der Waals surface area contributed by atoms with E-state index < -0.39 is 23.3 Å². The van der Waals surface area contributed by atoms with Crippen molar-refractivity contribution in [1.82, 2.24) is 29.5 Å². The number of amides is 2. The molecule has 0 saturated carbocycles. The molecule has 2 atom stereocenters. The van der Waals surface area contributed by atoms with Crippen LogP contribution in [0, 0.1) is 18.6 Å². The lowest BCUT2D eigenvalue weighted by molar-refractivity contribution is -0.134. The number of anilines is 2. The van der Waals surface area contributed by atoms with Gasteiger partial charge in [0.15, 0.2) is 23.0 Å². The number of aromatic nitrogens is 3. The van der Waals surface area contributed by atoms with Gasteiger partial charge in [0, 0.05) is 68.4 Å². The molecule has 0 spiro atoms. The number of piperazine rings is 1. The number of aryl methyl sites for hydroxylation is 1. The van der Waals surface area contributed by atoms with Gasteiger partial charge in [-0.3, -0.25) is 14.0 Å². The fourth-order valence-corrected chi connectivity index (χ4v) is 5.83. The van der Waals surface area contributed by atoms with Crippen molar-refractivity contribution in [2.24, 2.45) is 0 Å². The molecule has 2 aliphatic heterocycles. The minimum atomic E-state index is -1.08. The number of aliphatic hydroxyl groups is 1. The molecule has 4 heterocycles. The molecule has 11 nitrogen and oxygen atoms in total. The van der Waals surface area contributed by atoms with Crippen LogP contribution in [0.25, 0.3) is 16.9 Å². The number of β-amino-alcohol motifs (C(OH)–C–C–N with tert-alkyl or cyclic N) is 1. The number of nitrogens with one attached hydrogen (secondary N) is 2. The molecule has 2 amide bonds. The molecule has 44 heavy (non-hydrogen) atoms. The van der Waals surface area contributed by atoms with Crippen LogP contribution >= 0.6 is 0 Å². The first kappa shape index (κ1) is 29.5. The van der Waals surface area contributed by atoms with Gasteiger partial charge in [0.1, 0.15) is 0 Å². The molecule has 6 rings (SSSR count). The maximum Gasteiger partial charge on any atom is 0.254 e. The van der Waals surface area contributed by atoms with Gasteiger partial charge in [0.2, 0.25) is 11.7 Å². The van der Waals surface area contributed by atoms with Crippen molar-refractivity contribution in [1.29, 1.82) is 0 Å². The Labute approximate surface area is 252 Å². The van der Waals surface area contributed by atoms with Crippen molar-refractivity contribution >= 4 is 29.0 Å². The summed E-state index contributed by atoms with van der Waals surface area (Å²) in [6.45, 7) is 5.63. The van der Waals surface area contributed by atoms with Crippen molar-refractivity contribution in [2.75, 3.05) is 45.2 Å². The van der Waals surface area contributed by atoms with E-state index in [0.717, 1.165) is 5.56 Å². The summed E-state index contributed by atoms with van der Waals surface area (Å²) < 4.78 is 35.7. The lowest BCUT2D eigenvalue weighted by Crippen LogP contribution is -2.54. The van der Waals surface area contributed by atoms with Crippen LogP contribution < -0.4 is 15.4 Å². The normalized spacial score (nSPS) is 20.3. The van der Waals surface area contributed by atoms with Crippen molar-refractivity contribution < 1.29 is 28.2 Å². The standard InChI is InChI=1S/C31H33F2N7O4/c1-18-14-19(4-5-20(18)29(41)38-10-12-39(13-11-38)30(42)22-15-31(2,43)17-36-22)37-27-28-35-16-23(40(28)9-8-34-27)21-6-7-24(44-3)26(33)25(21)32/h4-9,14,16,22,36,43H,10-13,15,17H2,1-3H3,(H,34,37)/t22-,31+/m0/s1. The zero-order valence-electron chi connectivity index (χ0n) is 24.6. The minimum absolute atomic E-state index is 0.0280. The number of halogens is 2. The Bertz CT molecular complexity index is 1750. The monoisotopic (exact) mass is 605 g/mol. The summed E-state index contributed by atoms with van der Waals surface area (Å²) in [6.07, 6.45) is 4.95. The summed E-state index contributed by atoms with van der Waals surface area (Å²) in [5.74, 6) is -2.07. The number of imidazole rings is 1. The van der Waals surface area contributed by atoms with Crippen LogP contribution in [0.4, 0.5) is 20.3 Å². The van der Waals surface area contributed by atoms with E-state index in [9.17, 15) is 23.5 Å². The van der Waals surface area contributed by atoms with Gasteiger partial charge in [-0.15, -0.1) is 0 Å². The van der Waals surface area contributed by atoms with Crippen molar-refractivity contribution in [3.05, 3.63) is 71.7 Å². The van der Waals surface area contributed by atoms with Crippen molar-refractivity contribution in [3.8, 4) is 17.0 Å². The number of hydrogen-bond donors (Lipinski definition) is 3. The summed E-state index contributed by atoms with van der Waals surface area (Å²) in [4.78, 5) is 38.5. The smallest absolute Gasteiger partial charge is 0.254 e. The van der Waals surface area contributed by atoms with Gasteiger partial charge >= 0.3 is 0 Å². The van der Waals surface area contributed by atoms with E-state index in [1.165, 1.54) is 31.6 Å². The van der Waals surface area contributed by atoms with E-state index in [4.69, 9.17) is 4.74 Å². The quantitative estimate of drug-likeness (QED) is 0.306. The minimum Gasteiger partial charge on any atom is -0.494 e. The topological polar surface area (TPSA) is 124 Å². The van der Waals surface area contributed by atoms with Crippen LogP contribution in [0.5, 0.6) is 5.75 Å². The molecular formula is C31H33F2N7O4. The zero-order chi connectivity index (χ0) is 31.2. The van der Waals surface area contributed by atoms with Crippen LogP contribution in [0.3, 0.4) is 0 Å². The van der Waals surface area contributed by atoms with Gasteiger partial charge in [-0.25, -0.2) is 14.4 Å². The van der Waals surface area contributed by atoms with E-state index in [0.29, 0.717) is 67.6 Å². The maximum absolute atomic E-state index is 14.8. The fraction of sp³-hybridized carbons (Fsp3) is 0.355. The van der Waals surface area contributed by atoms with Crippen molar-refractivity contribution in [3.63, 3.8) is 0 Å². The van der Waals surface area contributed by atoms with E-state index in [1.807, 2.05) is 13.0 Å². The molecule has 2 aliphatic rings. The average molecular weight is 606 g/mol. The molecule has 2 aromatic heterocycles. The number of methoxy groups -OCH3 is 1. The highest BCUT2D eigenvalue weighted by molar-refractivity contribution is 5.96. The lowest BCUT2D eigenvalue weighted by Gasteiger charge is -2.36. The van der Waals surface area contributed by atoms with Gasteiger partial charge in [0.05, 0.1) is 30.6 Å². The second kappa shape index (κ2) is 11.5. The first-order valence-electron chi connectivity index (χ1n) is 14.3. The Morgan fingerprint density at radius 2 is 1.84 bits per heavy atom. The highest BCUT2D eigenvalue weighted by Gasteiger charge is 2.39. The first-order chi connectivity index (χ1) is 21.1. The molecule has 230 valence electrons. The Hall–Kier alpha value is -4.62. The number of rotatable bonds is 6. The van der Waals surface area contributed by atoms with Crippen LogP contribution in [-0.4, -0.2) is 92.6 Å². The Morgan fingerprint density at radius 1 is 1.09 bits per heavy atom. The molecule has 4 aromatic rings. The summed E-state index contributed by atoms with van der Waals surface area (Å²) in [5, 5.41) is 16.5. The van der Waals surface area contributed by atoms with Crippen LogP contribution in [0.15, 0.2) is 48.9 Å². The molecule has 2 saturated heterocycles. The molecule has 3 N–H and O–H groups in total. The van der Waals surface area contributed by atoms with Gasteiger partial charge in [-0.1, -0.05) is 0 Å². The fourth-order valence-electron chi connectivity index (χ4n) is 5.83. The second-order valence-corrected chi connectivity index (χ2v) is 11.5. The molecule has 2 fully saturated rings. The van der Waals surface area contributed by atoms with Crippen LogP contribution in [0.1, 0.15) is 29.3 Å². The van der Waals surface area contributed by atoms with Gasteiger partial charge in [0.25, 0.3) is 5.91 Å².